The number of anilines is 6. The molecule has 0 atom stereocenters. The van der Waals surface area contributed by atoms with Crippen LogP contribution in [-0.4, -0.2) is 0 Å². The molecular formula is C88H72N2. The van der Waals surface area contributed by atoms with E-state index < -0.39 is 0 Å². The first-order chi connectivity index (χ1) is 44.4. The zero-order valence-corrected chi connectivity index (χ0v) is 51.7. The maximum Gasteiger partial charge on any atom is 0.0465 e. The van der Waals surface area contributed by atoms with E-state index in [9.17, 15) is 0 Å². The van der Waals surface area contributed by atoms with E-state index in [1.54, 1.807) is 0 Å². The van der Waals surface area contributed by atoms with Crippen molar-refractivity contribution < 1.29 is 0 Å². The second-order valence-electron chi connectivity index (χ2n) is 24.4. The number of fused-ring (bicyclic) bond motifs is 9. The summed E-state index contributed by atoms with van der Waals surface area (Å²) in [6.45, 7) is 9.48. The summed E-state index contributed by atoms with van der Waals surface area (Å²) in [4.78, 5) is 4.78. The van der Waals surface area contributed by atoms with Gasteiger partial charge < -0.3 is 9.80 Å². The Morgan fingerprint density at radius 2 is 0.511 bits per heavy atom. The van der Waals surface area contributed by atoms with E-state index in [2.05, 4.69) is 353 Å². The van der Waals surface area contributed by atoms with Crippen molar-refractivity contribution >= 4 is 80.0 Å². The largest absolute Gasteiger partial charge is 0.310 e. The Morgan fingerprint density at radius 1 is 0.244 bits per heavy atom. The van der Waals surface area contributed by atoms with Gasteiger partial charge in [0.05, 0.1) is 0 Å². The molecule has 434 valence electrons. The van der Waals surface area contributed by atoms with Crippen LogP contribution in [0, 0.1) is 0 Å². The van der Waals surface area contributed by atoms with Gasteiger partial charge in [-0.2, -0.15) is 0 Å². The van der Waals surface area contributed by atoms with Crippen LogP contribution >= 0.6 is 0 Å². The molecule has 0 radical (unpaired) electrons. The number of para-hydroxylation sites is 4. The highest BCUT2D eigenvalue weighted by Crippen LogP contribution is 2.57. The summed E-state index contributed by atoms with van der Waals surface area (Å²) in [5, 5.41) is 4.95. The van der Waals surface area contributed by atoms with Crippen LogP contribution in [-0.2, 0) is 10.8 Å². The van der Waals surface area contributed by atoms with Gasteiger partial charge in [0, 0.05) is 45.0 Å². The molecule has 2 aliphatic rings. The molecule has 2 aliphatic carbocycles. The molecule has 90 heavy (non-hydrogen) atoms. The Morgan fingerprint density at radius 3 is 0.822 bits per heavy atom. The van der Waals surface area contributed by atoms with Crippen LogP contribution in [0.1, 0.15) is 97.9 Å². The first-order valence-corrected chi connectivity index (χ1v) is 32.3. The van der Waals surface area contributed by atoms with Gasteiger partial charge in [-0.05, 0) is 221 Å². The fourth-order valence-corrected chi connectivity index (χ4v) is 15.4. The molecule has 0 N–H and O–H groups in total. The van der Waals surface area contributed by atoms with Crippen molar-refractivity contribution in [3.05, 3.63) is 336 Å². The SMILES string of the molecule is CCC1(CC)c2cc(/C=C/c3ccc4c(-c5ccccc5)c(-c5ccccc5)c5ccc(/C=C/c6ccc7c(c6)C(CC)(CC)c6cc(N(c8ccccc8)c8ccccc8)ccc6-7)cc5c4c3)ccc2-c2ccc(N(c3ccccc3)c3ccccc3)cc21. The lowest BCUT2D eigenvalue weighted by molar-refractivity contribution is 0.490. The zero-order valence-electron chi connectivity index (χ0n) is 51.7. The van der Waals surface area contributed by atoms with Crippen LogP contribution in [0.3, 0.4) is 0 Å². The van der Waals surface area contributed by atoms with Crippen LogP contribution in [0.25, 0.3) is 90.4 Å². The summed E-state index contributed by atoms with van der Waals surface area (Å²) in [5.74, 6) is 0. The Bertz CT molecular complexity index is 4460. The molecule has 0 saturated carbocycles. The average Bonchev–Trinajstić information content (AvgIpc) is 1.26. The van der Waals surface area contributed by atoms with E-state index in [-0.39, 0.29) is 10.8 Å². The van der Waals surface area contributed by atoms with E-state index in [1.165, 1.54) is 122 Å². The number of hydrogen-bond donors (Lipinski definition) is 0. The minimum atomic E-state index is -0.122. The lowest BCUT2D eigenvalue weighted by Crippen LogP contribution is -2.23. The van der Waals surface area contributed by atoms with Gasteiger partial charge in [0.15, 0.2) is 0 Å². The van der Waals surface area contributed by atoms with Gasteiger partial charge in [0.25, 0.3) is 0 Å². The number of benzene rings is 13. The molecule has 0 saturated heterocycles. The monoisotopic (exact) mass is 1160 g/mol. The molecule has 13 aromatic rings. The summed E-state index contributed by atoms with van der Waals surface area (Å²) < 4.78 is 0. The van der Waals surface area contributed by atoms with Crippen molar-refractivity contribution in [3.8, 4) is 44.5 Å². The third-order valence-electron chi connectivity index (χ3n) is 20.0. The maximum atomic E-state index is 2.48. The van der Waals surface area contributed by atoms with Gasteiger partial charge in [-0.3, -0.25) is 0 Å². The maximum absolute atomic E-state index is 2.48. The van der Waals surface area contributed by atoms with Crippen molar-refractivity contribution in [2.24, 2.45) is 0 Å². The standard InChI is InChI=1S/C88H72N2/c1-5-87(6-2)81-57-63(43-49-73(81)75-53-47-71(59-83(75)87)89(67-31-19-11-20-32-67)68-33-21-12-22-34-68)41-39-61-45-51-77-79(55-61)80-56-62(46-52-78(80)86(66-29-17-10-18-30-66)85(77)65-27-15-9-16-28-65)40-42-64-44-50-74-76-54-48-72(60-84(76)88(7-3,8-4)82(74)58-64)90(69-35-23-13-24-36-69)70-37-25-14-26-38-70/h9-60H,5-8H2,1-4H3/b41-39+,42-40+. The first kappa shape index (κ1) is 56.0. The molecule has 13 aromatic carbocycles. The molecule has 2 heteroatoms. The minimum absolute atomic E-state index is 0.122. The molecule has 0 heterocycles. The summed E-state index contributed by atoms with van der Waals surface area (Å²) >= 11 is 0. The number of hydrogen-bond acceptors (Lipinski definition) is 2. The van der Waals surface area contributed by atoms with Crippen molar-refractivity contribution in [2.75, 3.05) is 9.80 Å². The van der Waals surface area contributed by atoms with E-state index in [4.69, 9.17) is 0 Å². The van der Waals surface area contributed by atoms with Gasteiger partial charge in [-0.25, -0.2) is 0 Å². The van der Waals surface area contributed by atoms with Gasteiger partial charge >= 0.3 is 0 Å². The molecule has 0 fully saturated rings. The number of rotatable bonds is 16. The summed E-state index contributed by atoms with van der Waals surface area (Å²) in [7, 11) is 0. The normalized spacial score (nSPS) is 13.4. The third-order valence-corrected chi connectivity index (χ3v) is 20.0. The second kappa shape index (κ2) is 23.5. The predicted octanol–water partition coefficient (Wildman–Crippen LogP) is 24.8. The van der Waals surface area contributed by atoms with Gasteiger partial charge in [-0.1, -0.05) is 258 Å². The molecule has 0 bridgehead atoms. The molecule has 0 aromatic heterocycles. The zero-order chi connectivity index (χ0) is 60.8. The van der Waals surface area contributed by atoms with E-state index in [1.807, 2.05) is 0 Å². The summed E-state index contributed by atoms with van der Waals surface area (Å²) in [5.41, 5.74) is 27.4. The molecule has 0 unspecified atom stereocenters. The van der Waals surface area contributed by atoms with Crippen LogP contribution in [0.5, 0.6) is 0 Å². The fourth-order valence-electron chi connectivity index (χ4n) is 15.4. The Balaban J connectivity index is 0.801. The van der Waals surface area contributed by atoms with Crippen molar-refractivity contribution in [1.29, 1.82) is 0 Å². The molecule has 0 aliphatic heterocycles. The van der Waals surface area contributed by atoms with Gasteiger partial charge in [0.1, 0.15) is 0 Å². The Kier molecular flexibility index (Phi) is 14.6. The van der Waals surface area contributed by atoms with Crippen molar-refractivity contribution in [3.63, 3.8) is 0 Å². The topological polar surface area (TPSA) is 6.48 Å². The summed E-state index contributed by atoms with van der Waals surface area (Å²) in [6, 6.07) is 108. The summed E-state index contributed by atoms with van der Waals surface area (Å²) in [6.07, 6.45) is 13.3. The van der Waals surface area contributed by atoms with Crippen LogP contribution in [0.2, 0.25) is 0 Å². The quantitative estimate of drug-likeness (QED) is 0.0703. The van der Waals surface area contributed by atoms with E-state index >= 15 is 0 Å². The molecule has 0 spiro atoms. The second-order valence-corrected chi connectivity index (χ2v) is 24.4. The van der Waals surface area contributed by atoms with E-state index in [0.29, 0.717) is 0 Å². The molecule has 15 rings (SSSR count). The van der Waals surface area contributed by atoms with Crippen molar-refractivity contribution in [2.45, 2.75) is 64.2 Å². The van der Waals surface area contributed by atoms with Crippen LogP contribution in [0.15, 0.2) is 291 Å². The van der Waals surface area contributed by atoms with Gasteiger partial charge in [0.2, 0.25) is 0 Å². The lowest BCUT2D eigenvalue weighted by atomic mass is 9.73. The van der Waals surface area contributed by atoms with Crippen molar-refractivity contribution in [1.82, 2.24) is 0 Å². The molecular weight excluding hydrogens is 1080 g/mol. The average molecular weight is 1160 g/mol. The molecule has 0 amide bonds. The highest BCUT2D eigenvalue weighted by Gasteiger charge is 2.42. The number of nitrogens with zero attached hydrogens (tertiary/aromatic N) is 2. The van der Waals surface area contributed by atoms with Gasteiger partial charge in [-0.15, -0.1) is 0 Å². The van der Waals surface area contributed by atoms with Crippen LogP contribution < -0.4 is 9.80 Å². The Hall–Kier alpha value is -10.5. The highest BCUT2D eigenvalue weighted by molar-refractivity contribution is 6.22. The minimum Gasteiger partial charge on any atom is -0.310 e. The van der Waals surface area contributed by atoms with E-state index in [0.717, 1.165) is 48.4 Å². The fraction of sp³-hybridized carbons (Fsp3) is 0.114. The smallest absolute Gasteiger partial charge is 0.0465 e. The Labute approximate surface area is 531 Å². The predicted molar refractivity (Wildman–Crippen MR) is 386 cm³/mol. The first-order valence-electron chi connectivity index (χ1n) is 32.3. The lowest BCUT2D eigenvalue weighted by Gasteiger charge is -2.32. The molecule has 2 nitrogen and oxygen atoms in total. The third kappa shape index (κ3) is 9.58. The van der Waals surface area contributed by atoms with Crippen LogP contribution in [0.4, 0.5) is 34.1 Å². The highest BCUT2D eigenvalue weighted by atomic mass is 15.1.